The highest BCUT2D eigenvalue weighted by Gasteiger charge is 2.14. The van der Waals surface area contributed by atoms with E-state index in [1.54, 1.807) is 19.2 Å². The van der Waals surface area contributed by atoms with Crippen LogP contribution < -0.4 is 11.1 Å². The lowest BCUT2D eigenvalue weighted by Crippen LogP contribution is -2.36. The largest absolute Gasteiger partial charge is 0.383 e. The van der Waals surface area contributed by atoms with Crippen molar-refractivity contribution in [3.63, 3.8) is 0 Å². The number of anilines is 1. The maximum absolute atomic E-state index is 11.9. The topological polar surface area (TPSA) is 85.1 Å². The lowest BCUT2D eigenvalue weighted by atomic mass is 10.2. The number of nitrogens with zero attached hydrogens (tertiary/aromatic N) is 1. The molecular formula is C10H14BrN3O2S. The van der Waals surface area contributed by atoms with Crippen LogP contribution in [0.5, 0.6) is 0 Å². The van der Waals surface area contributed by atoms with E-state index in [2.05, 4.69) is 26.2 Å². The van der Waals surface area contributed by atoms with Gasteiger partial charge in [0.2, 0.25) is 0 Å². The second-order valence-corrected chi connectivity index (χ2v) is 6.10. The number of nitrogens with two attached hydrogens (primary N) is 1. The molecule has 0 saturated heterocycles. The van der Waals surface area contributed by atoms with Crippen LogP contribution in [0, 0.1) is 0 Å². The van der Waals surface area contributed by atoms with Crippen LogP contribution in [0.4, 0.5) is 5.82 Å². The Hall–Kier alpha value is -0.950. The van der Waals surface area contributed by atoms with Crippen molar-refractivity contribution in [2.24, 2.45) is 0 Å². The minimum atomic E-state index is -0.949. The van der Waals surface area contributed by atoms with E-state index in [1.165, 1.54) is 6.20 Å². The summed E-state index contributed by atoms with van der Waals surface area (Å²) in [5, 5.41) is 2.72. The van der Waals surface area contributed by atoms with Crippen molar-refractivity contribution in [3.05, 3.63) is 22.3 Å². The van der Waals surface area contributed by atoms with E-state index in [9.17, 15) is 9.00 Å². The van der Waals surface area contributed by atoms with Crippen LogP contribution in [-0.2, 0) is 10.8 Å². The number of pyridine rings is 1. The summed E-state index contributed by atoms with van der Waals surface area (Å²) in [7, 11) is -0.949. The van der Waals surface area contributed by atoms with Crippen LogP contribution >= 0.6 is 15.9 Å². The van der Waals surface area contributed by atoms with Gasteiger partial charge < -0.3 is 11.1 Å². The molecule has 1 rings (SSSR count). The highest BCUT2D eigenvalue weighted by atomic mass is 79.9. The second-order valence-electron chi connectivity index (χ2n) is 3.70. The number of carbonyl (C=O) groups is 1. The molecule has 94 valence electrons. The van der Waals surface area contributed by atoms with Crippen LogP contribution in [-0.4, -0.2) is 33.2 Å². The maximum atomic E-state index is 11.9. The van der Waals surface area contributed by atoms with E-state index in [1.807, 2.05) is 0 Å². The Kier molecular flexibility index (Phi) is 5.07. The summed E-state index contributed by atoms with van der Waals surface area (Å²) in [6.07, 6.45) is 3.12. The van der Waals surface area contributed by atoms with Gasteiger partial charge in [-0.05, 0) is 28.9 Å². The zero-order valence-corrected chi connectivity index (χ0v) is 12.0. The monoisotopic (exact) mass is 319 g/mol. The van der Waals surface area contributed by atoms with Gasteiger partial charge in [-0.25, -0.2) is 4.98 Å². The molecule has 0 aromatic carbocycles. The standard InChI is InChI=1S/C10H14BrN3O2S/c1-6(5-17(2)16)14-10(15)8-3-7(11)4-13-9(8)12/h3-4,6H,5H2,1-2H3,(H2,12,13)(H,14,15). The predicted octanol–water partition coefficient (Wildman–Crippen LogP) is 0.923. The van der Waals surface area contributed by atoms with Gasteiger partial charge in [0, 0.05) is 39.5 Å². The highest BCUT2D eigenvalue weighted by Crippen LogP contribution is 2.15. The lowest BCUT2D eigenvalue weighted by Gasteiger charge is -2.13. The number of rotatable bonds is 4. The quantitative estimate of drug-likeness (QED) is 0.864. The van der Waals surface area contributed by atoms with Crippen molar-refractivity contribution in [2.45, 2.75) is 13.0 Å². The molecule has 0 fully saturated rings. The van der Waals surface area contributed by atoms with E-state index in [0.717, 1.165) is 0 Å². The summed E-state index contributed by atoms with van der Waals surface area (Å²) >= 11 is 3.22. The highest BCUT2D eigenvalue weighted by molar-refractivity contribution is 9.10. The van der Waals surface area contributed by atoms with Gasteiger partial charge in [0.1, 0.15) is 5.82 Å². The fourth-order valence-corrected chi connectivity index (χ4v) is 2.45. The zero-order chi connectivity index (χ0) is 13.0. The van der Waals surface area contributed by atoms with Crippen LogP contribution in [0.2, 0.25) is 0 Å². The fourth-order valence-electron chi connectivity index (χ4n) is 1.33. The first kappa shape index (κ1) is 14.1. The molecule has 0 bridgehead atoms. The van der Waals surface area contributed by atoms with Gasteiger partial charge in [-0.3, -0.25) is 9.00 Å². The first-order valence-electron chi connectivity index (χ1n) is 4.92. The molecule has 0 spiro atoms. The van der Waals surface area contributed by atoms with E-state index in [0.29, 0.717) is 15.8 Å². The van der Waals surface area contributed by atoms with E-state index in [-0.39, 0.29) is 17.8 Å². The van der Waals surface area contributed by atoms with Gasteiger partial charge in [0.15, 0.2) is 0 Å². The normalized spacial score (nSPS) is 14.1. The van der Waals surface area contributed by atoms with Crippen molar-refractivity contribution in [2.75, 3.05) is 17.7 Å². The second kappa shape index (κ2) is 6.11. The minimum Gasteiger partial charge on any atom is -0.383 e. The fraction of sp³-hybridized carbons (Fsp3) is 0.400. The van der Waals surface area contributed by atoms with E-state index in [4.69, 9.17) is 5.73 Å². The van der Waals surface area contributed by atoms with Crippen molar-refractivity contribution in [3.8, 4) is 0 Å². The van der Waals surface area contributed by atoms with Crippen molar-refractivity contribution < 1.29 is 9.00 Å². The summed E-state index contributed by atoms with van der Waals surface area (Å²) in [5.74, 6) is 0.275. The molecule has 3 N–H and O–H groups in total. The SMILES string of the molecule is CC(CS(C)=O)NC(=O)c1cc(Br)cnc1N. The molecule has 2 unspecified atom stereocenters. The molecule has 1 aromatic heterocycles. The minimum absolute atomic E-state index is 0.174. The molecule has 0 saturated carbocycles. The number of halogens is 1. The van der Waals surface area contributed by atoms with Crippen molar-refractivity contribution in [1.29, 1.82) is 0 Å². The van der Waals surface area contributed by atoms with Crippen molar-refractivity contribution in [1.82, 2.24) is 10.3 Å². The Balaban J connectivity index is 2.76. The van der Waals surface area contributed by atoms with E-state index < -0.39 is 10.8 Å². The first-order valence-corrected chi connectivity index (χ1v) is 7.44. The molecule has 0 aliphatic heterocycles. The number of nitrogen functional groups attached to an aromatic ring is 1. The Morgan fingerprint density at radius 1 is 1.71 bits per heavy atom. The molecule has 17 heavy (non-hydrogen) atoms. The third kappa shape index (κ3) is 4.43. The molecule has 5 nitrogen and oxygen atoms in total. The van der Waals surface area contributed by atoms with Crippen LogP contribution in [0.15, 0.2) is 16.7 Å². The number of amides is 1. The summed E-state index contributed by atoms with van der Waals surface area (Å²) in [6, 6.07) is 1.43. The van der Waals surface area contributed by atoms with Gasteiger partial charge >= 0.3 is 0 Å². The maximum Gasteiger partial charge on any atom is 0.255 e. The van der Waals surface area contributed by atoms with Crippen LogP contribution in [0.1, 0.15) is 17.3 Å². The summed E-state index contributed by atoms with van der Waals surface area (Å²) in [5.41, 5.74) is 5.93. The molecular weight excluding hydrogens is 306 g/mol. The van der Waals surface area contributed by atoms with Gasteiger partial charge in [-0.15, -0.1) is 0 Å². The van der Waals surface area contributed by atoms with Gasteiger partial charge in [0.05, 0.1) is 5.56 Å². The molecule has 1 heterocycles. The predicted molar refractivity (Wildman–Crippen MR) is 72.2 cm³/mol. The van der Waals surface area contributed by atoms with Gasteiger partial charge in [0.25, 0.3) is 5.91 Å². The Labute approximate surface area is 111 Å². The summed E-state index contributed by atoms with van der Waals surface area (Å²) < 4.78 is 11.7. The number of hydrogen-bond acceptors (Lipinski definition) is 4. The average molecular weight is 320 g/mol. The molecule has 2 atom stereocenters. The summed E-state index contributed by atoms with van der Waals surface area (Å²) in [6.45, 7) is 1.79. The number of nitrogens with one attached hydrogen (secondary N) is 1. The van der Waals surface area contributed by atoms with Crippen LogP contribution in [0.25, 0.3) is 0 Å². The van der Waals surface area contributed by atoms with Crippen molar-refractivity contribution >= 4 is 38.5 Å². The first-order chi connectivity index (χ1) is 7.90. The number of hydrogen-bond donors (Lipinski definition) is 2. The third-order valence-corrected chi connectivity index (χ3v) is 3.40. The zero-order valence-electron chi connectivity index (χ0n) is 9.57. The third-order valence-electron chi connectivity index (χ3n) is 1.99. The van der Waals surface area contributed by atoms with Gasteiger partial charge in [-0.2, -0.15) is 0 Å². The molecule has 1 amide bonds. The Morgan fingerprint density at radius 3 is 2.94 bits per heavy atom. The average Bonchev–Trinajstić information content (AvgIpc) is 2.20. The lowest BCUT2D eigenvalue weighted by molar-refractivity contribution is 0.0944. The molecule has 1 aromatic rings. The summed E-state index contributed by atoms with van der Waals surface area (Å²) in [4.78, 5) is 15.7. The smallest absolute Gasteiger partial charge is 0.255 e. The van der Waals surface area contributed by atoms with E-state index >= 15 is 0 Å². The molecule has 0 aliphatic rings. The molecule has 7 heteroatoms. The van der Waals surface area contributed by atoms with Gasteiger partial charge in [-0.1, -0.05) is 0 Å². The molecule has 0 radical (unpaired) electrons. The molecule has 0 aliphatic carbocycles. The Bertz CT molecular complexity index is 453. The number of carbonyl (C=O) groups excluding carboxylic acids is 1. The number of aromatic nitrogens is 1. The Morgan fingerprint density at radius 2 is 2.35 bits per heavy atom. The van der Waals surface area contributed by atoms with Crippen LogP contribution in [0.3, 0.4) is 0 Å².